The molecule has 1 aliphatic heterocycles. The lowest BCUT2D eigenvalue weighted by molar-refractivity contribution is -0.108. The minimum atomic E-state index is 0.496. The highest BCUT2D eigenvalue weighted by molar-refractivity contribution is 5.70. The van der Waals surface area contributed by atoms with Gasteiger partial charge in [-0.2, -0.15) is 0 Å². The second kappa shape index (κ2) is 6.47. The van der Waals surface area contributed by atoms with Crippen molar-refractivity contribution < 1.29 is 14.3 Å². The highest BCUT2D eigenvalue weighted by Gasteiger charge is 2.20. The number of aldehydes is 1. The van der Waals surface area contributed by atoms with Crippen molar-refractivity contribution in [2.24, 2.45) is 0 Å². The lowest BCUT2D eigenvalue weighted by Gasteiger charge is -2.36. The Balaban J connectivity index is 2.18. The molecule has 1 aromatic carbocycles. The molecule has 0 radical (unpaired) electrons. The Morgan fingerprint density at radius 3 is 2.35 bits per heavy atom. The number of methoxy groups -OCH3 is 2. The van der Waals surface area contributed by atoms with Gasteiger partial charge < -0.3 is 24.9 Å². The molecular formula is C14H21N3O3. The number of anilines is 2. The van der Waals surface area contributed by atoms with Crippen LogP contribution in [0.5, 0.6) is 11.5 Å². The fourth-order valence-electron chi connectivity index (χ4n) is 2.43. The first-order valence-corrected chi connectivity index (χ1v) is 6.62. The largest absolute Gasteiger partial charge is 0.495 e. The summed E-state index contributed by atoms with van der Waals surface area (Å²) in [6.07, 6.45) is 0.947. The number of rotatable bonds is 5. The summed E-state index contributed by atoms with van der Waals surface area (Å²) in [5.41, 5.74) is 7.44. The van der Waals surface area contributed by atoms with Crippen LogP contribution in [0.1, 0.15) is 0 Å². The number of hydrogen-bond acceptors (Lipinski definition) is 6. The number of ether oxygens (including phenoxy) is 2. The zero-order chi connectivity index (χ0) is 14.5. The van der Waals surface area contributed by atoms with Crippen LogP contribution >= 0.6 is 0 Å². The second-order valence-corrected chi connectivity index (χ2v) is 4.72. The summed E-state index contributed by atoms with van der Waals surface area (Å²) in [7, 11) is 3.23. The number of carbonyl (C=O) groups excluding carboxylic acids is 1. The van der Waals surface area contributed by atoms with Crippen LogP contribution in [0.25, 0.3) is 0 Å². The Morgan fingerprint density at radius 1 is 1.15 bits per heavy atom. The Morgan fingerprint density at radius 2 is 1.80 bits per heavy atom. The molecule has 2 N–H and O–H groups in total. The van der Waals surface area contributed by atoms with E-state index in [1.54, 1.807) is 20.3 Å². The van der Waals surface area contributed by atoms with Gasteiger partial charge in [-0.1, -0.05) is 0 Å². The Bertz CT molecular complexity index is 471. The van der Waals surface area contributed by atoms with Gasteiger partial charge in [0.2, 0.25) is 0 Å². The van der Waals surface area contributed by atoms with Crippen molar-refractivity contribution in [1.29, 1.82) is 0 Å². The number of piperazine rings is 1. The topological polar surface area (TPSA) is 68.0 Å². The number of carbonyl (C=O) groups is 1. The van der Waals surface area contributed by atoms with Gasteiger partial charge in [0.15, 0.2) is 0 Å². The van der Waals surface area contributed by atoms with Crippen LogP contribution in [0, 0.1) is 0 Å². The summed E-state index contributed by atoms with van der Waals surface area (Å²) in [6, 6.07) is 3.69. The van der Waals surface area contributed by atoms with Crippen molar-refractivity contribution in [1.82, 2.24) is 4.90 Å². The van der Waals surface area contributed by atoms with Gasteiger partial charge in [0.25, 0.3) is 0 Å². The van der Waals surface area contributed by atoms with Gasteiger partial charge >= 0.3 is 0 Å². The average Bonchev–Trinajstić information content (AvgIpc) is 2.48. The van der Waals surface area contributed by atoms with Crippen molar-refractivity contribution >= 4 is 17.7 Å². The van der Waals surface area contributed by atoms with E-state index < -0.39 is 0 Å². The van der Waals surface area contributed by atoms with E-state index in [1.165, 1.54) is 0 Å². The number of nitrogens with zero attached hydrogens (tertiary/aromatic N) is 2. The monoisotopic (exact) mass is 279 g/mol. The summed E-state index contributed by atoms with van der Waals surface area (Å²) >= 11 is 0. The van der Waals surface area contributed by atoms with Gasteiger partial charge in [0.1, 0.15) is 17.8 Å². The second-order valence-electron chi connectivity index (χ2n) is 4.72. The molecule has 0 unspecified atom stereocenters. The smallest absolute Gasteiger partial charge is 0.144 e. The lowest BCUT2D eigenvalue weighted by atomic mass is 10.2. The maximum atomic E-state index is 10.5. The highest BCUT2D eigenvalue weighted by atomic mass is 16.5. The number of nitrogens with two attached hydrogens (primary N) is 1. The van der Waals surface area contributed by atoms with Gasteiger partial charge in [-0.3, -0.25) is 4.90 Å². The van der Waals surface area contributed by atoms with E-state index in [9.17, 15) is 4.79 Å². The predicted molar refractivity (Wildman–Crippen MR) is 78.7 cm³/mol. The predicted octanol–water partition coefficient (Wildman–Crippen LogP) is 0.607. The lowest BCUT2D eigenvalue weighted by Crippen LogP contribution is -2.47. The molecule has 1 aromatic rings. The van der Waals surface area contributed by atoms with Crippen molar-refractivity contribution in [3.63, 3.8) is 0 Å². The summed E-state index contributed by atoms with van der Waals surface area (Å²) in [6.45, 7) is 3.90. The van der Waals surface area contributed by atoms with E-state index in [2.05, 4.69) is 9.80 Å². The standard InChI is InChI=1S/C14H21N3O3/c1-19-13-10-12(14(20-2)9-11(13)15)17-5-3-16(4-6-17)7-8-18/h8-10H,3-7,15H2,1-2H3. The molecule has 0 atom stereocenters. The first-order valence-electron chi connectivity index (χ1n) is 6.62. The Kier molecular flexibility index (Phi) is 4.68. The molecule has 1 aliphatic rings. The third kappa shape index (κ3) is 2.96. The Hall–Kier alpha value is -1.95. The van der Waals surface area contributed by atoms with Crippen molar-refractivity contribution in [3.8, 4) is 11.5 Å². The molecule has 0 saturated carbocycles. The summed E-state index contributed by atoms with van der Waals surface area (Å²) in [4.78, 5) is 14.9. The maximum absolute atomic E-state index is 10.5. The van der Waals surface area contributed by atoms with E-state index in [0.29, 0.717) is 18.0 Å². The third-order valence-corrected chi connectivity index (χ3v) is 3.58. The molecule has 2 rings (SSSR count). The minimum absolute atomic E-state index is 0.496. The fourth-order valence-corrected chi connectivity index (χ4v) is 2.43. The first kappa shape index (κ1) is 14.5. The van der Waals surface area contributed by atoms with E-state index in [-0.39, 0.29) is 0 Å². The van der Waals surface area contributed by atoms with Crippen molar-refractivity contribution in [2.45, 2.75) is 0 Å². The molecule has 6 heteroatoms. The first-order chi connectivity index (χ1) is 9.69. The molecule has 1 fully saturated rings. The molecule has 0 amide bonds. The van der Waals surface area contributed by atoms with Gasteiger partial charge in [-0.05, 0) is 0 Å². The van der Waals surface area contributed by atoms with E-state index >= 15 is 0 Å². The zero-order valence-electron chi connectivity index (χ0n) is 12.0. The molecule has 0 bridgehead atoms. The van der Waals surface area contributed by atoms with Gasteiger partial charge in [-0.25, -0.2) is 0 Å². The Labute approximate surface area is 119 Å². The molecule has 1 heterocycles. The summed E-state index contributed by atoms with van der Waals surface area (Å²) in [5.74, 6) is 1.39. The average molecular weight is 279 g/mol. The fraction of sp³-hybridized carbons (Fsp3) is 0.500. The highest BCUT2D eigenvalue weighted by Crippen LogP contribution is 2.37. The van der Waals surface area contributed by atoms with E-state index in [4.69, 9.17) is 15.2 Å². The van der Waals surface area contributed by atoms with Crippen molar-refractivity contribution in [3.05, 3.63) is 12.1 Å². The zero-order valence-corrected chi connectivity index (χ0v) is 12.0. The van der Waals surface area contributed by atoms with Gasteiger partial charge in [0.05, 0.1) is 32.1 Å². The van der Waals surface area contributed by atoms with Crippen LogP contribution in [-0.4, -0.2) is 58.1 Å². The molecule has 110 valence electrons. The summed E-state index contributed by atoms with van der Waals surface area (Å²) < 4.78 is 10.7. The molecule has 0 spiro atoms. The third-order valence-electron chi connectivity index (χ3n) is 3.58. The molecule has 1 saturated heterocycles. The quantitative estimate of drug-likeness (QED) is 0.629. The maximum Gasteiger partial charge on any atom is 0.144 e. The number of hydrogen-bond donors (Lipinski definition) is 1. The molecular weight excluding hydrogens is 258 g/mol. The minimum Gasteiger partial charge on any atom is -0.495 e. The molecule has 6 nitrogen and oxygen atoms in total. The van der Waals surface area contributed by atoms with E-state index in [1.807, 2.05) is 6.07 Å². The normalized spacial score (nSPS) is 16.0. The van der Waals surface area contributed by atoms with Crippen LogP contribution in [0.2, 0.25) is 0 Å². The SMILES string of the molecule is COc1cc(N2CCN(CC=O)CC2)c(OC)cc1N. The van der Waals surface area contributed by atoms with E-state index in [0.717, 1.165) is 43.9 Å². The molecule has 0 aromatic heterocycles. The van der Waals surface area contributed by atoms with Gasteiger partial charge in [-0.15, -0.1) is 0 Å². The van der Waals surface area contributed by atoms with Crippen LogP contribution in [0.3, 0.4) is 0 Å². The molecule has 0 aliphatic carbocycles. The van der Waals surface area contributed by atoms with Crippen LogP contribution in [0.15, 0.2) is 12.1 Å². The van der Waals surface area contributed by atoms with Crippen molar-refractivity contribution in [2.75, 3.05) is 57.6 Å². The number of benzene rings is 1. The van der Waals surface area contributed by atoms with Crippen LogP contribution in [-0.2, 0) is 4.79 Å². The van der Waals surface area contributed by atoms with Crippen LogP contribution < -0.4 is 20.1 Å². The summed E-state index contributed by atoms with van der Waals surface area (Å²) in [5, 5.41) is 0. The number of nitrogen functional groups attached to an aromatic ring is 1. The van der Waals surface area contributed by atoms with Crippen LogP contribution in [0.4, 0.5) is 11.4 Å². The van der Waals surface area contributed by atoms with Gasteiger partial charge in [0, 0.05) is 38.3 Å². The molecule has 20 heavy (non-hydrogen) atoms.